The van der Waals surface area contributed by atoms with Gasteiger partial charge in [0.25, 0.3) is 0 Å². The molecule has 3 nitrogen and oxygen atoms in total. The maximum atomic E-state index is 12.1. The van der Waals surface area contributed by atoms with Crippen LogP contribution in [0.15, 0.2) is 0 Å². The number of nitrogens with one attached hydrogen (secondary N) is 1. The predicted octanol–water partition coefficient (Wildman–Crippen LogP) is 2.66. The topological polar surface area (TPSA) is 32.3 Å². The molecule has 1 N–H and O–H groups in total. The lowest BCUT2D eigenvalue weighted by Gasteiger charge is -2.36. The lowest BCUT2D eigenvalue weighted by atomic mass is 9.91. The maximum absolute atomic E-state index is 12.1. The lowest BCUT2D eigenvalue weighted by Crippen LogP contribution is -2.47. The monoisotopic (exact) mass is 254 g/mol. The zero-order valence-corrected chi connectivity index (χ0v) is 13.0. The van der Waals surface area contributed by atoms with Crippen LogP contribution < -0.4 is 5.32 Å². The van der Waals surface area contributed by atoms with Gasteiger partial charge in [-0.2, -0.15) is 0 Å². The number of hydrogen-bond acceptors (Lipinski definition) is 2. The highest BCUT2D eigenvalue weighted by Crippen LogP contribution is 2.22. The van der Waals surface area contributed by atoms with Gasteiger partial charge in [-0.1, -0.05) is 20.8 Å². The Balaban J connectivity index is 2.37. The van der Waals surface area contributed by atoms with Crippen LogP contribution >= 0.6 is 0 Å². The third-order valence-corrected chi connectivity index (χ3v) is 3.15. The zero-order chi connectivity index (χ0) is 14.0. The van der Waals surface area contributed by atoms with Crippen molar-refractivity contribution in [3.05, 3.63) is 0 Å². The number of carbonyl (C=O) groups is 1. The van der Waals surface area contributed by atoms with Crippen LogP contribution in [0.5, 0.6) is 0 Å². The van der Waals surface area contributed by atoms with Crippen LogP contribution in [-0.4, -0.2) is 36.0 Å². The van der Waals surface area contributed by atoms with Gasteiger partial charge in [0.05, 0.1) is 0 Å². The molecule has 1 aliphatic rings. The van der Waals surface area contributed by atoms with Crippen LogP contribution in [0.1, 0.15) is 54.4 Å². The molecule has 0 aromatic rings. The summed E-state index contributed by atoms with van der Waals surface area (Å²) in [6.07, 6.45) is 2.00. The molecule has 1 heterocycles. The molecule has 3 heteroatoms. The highest BCUT2D eigenvalue weighted by atomic mass is 16.2. The van der Waals surface area contributed by atoms with Crippen LogP contribution in [0.2, 0.25) is 0 Å². The van der Waals surface area contributed by atoms with E-state index in [4.69, 9.17) is 0 Å². The van der Waals surface area contributed by atoms with E-state index >= 15 is 0 Å². The van der Waals surface area contributed by atoms with Crippen molar-refractivity contribution in [3.63, 3.8) is 0 Å². The van der Waals surface area contributed by atoms with Crippen molar-refractivity contribution < 1.29 is 4.79 Å². The standard InChI is InChI=1S/C15H30N2O/c1-14(2,3)11-17-9-7-12(8-10-17)13(18)16-15(4,5)6/h12H,7-11H2,1-6H3,(H,16,18). The van der Waals surface area contributed by atoms with Crippen LogP contribution in [-0.2, 0) is 4.79 Å². The van der Waals surface area contributed by atoms with Crippen molar-refractivity contribution in [2.24, 2.45) is 11.3 Å². The van der Waals surface area contributed by atoms with Gasteiger partial charge in [0.2, 0.25) is 5.91 Å². The molecule has 0 radical (unpaired) electrons. The molecule has 106 valence electrons. The first-order valence-electron chi connectivity index (χ1n) is 7.11. The van der Waals surface area contributed by atoms with Gasteiger partial charge >= 0.3 is 0 Å². The fourth-order valence-electron chi connectivity index (χ4n) is 2.50. The molecule has 18 heavy (non-hydrogen) atoms. The first kappa shape index (κ1) is 15.5. The fourth-order valence-corrected chi connectivity index (χ4v) is 2.50. The van der Waals surface area contributed by atoms with Crippen LogP contribution in [0.3, 0.4) is 0 Å². The molecular weight excluding hydrogens is 224 g/mol. The second-order valence-electron chi connectivity index (χ2n) is 7.85. The van der Waals surface area contributed by atoms with E-state index in [1.54, 1.807) is 0 Å². The van der Waals surface area contributed by atoms with Crippen molar-refractivity contribution in [3.8, 4) is 0 Å². The summed E-state index contributed by atoms with van der Waals surface area (Å²) >= 11 is 0. The Kier molecular flexibility index (Phi) is 4.82. The van der Waals surface area contributed by atoms with Gasteiger partial charge in [-0.05, 0) is 52.1 Å². The Bertz CT molecular complexity index is 278. The number of amides is 1. The van der Waals surface area contributed by atoms with Crippen molar-refractivity contribution in [2.75, 3.05) is 19.6 Å². The summed E-state index contributed by atoms with van der Waals surface area (Å²) < 4.78 is 0. The molecule has 0 aromatic carbocycles. The number of rotatable bonds is 2. The van der Waals surface area contributed by atoms with Crippen molar-refractivity contribution in [1.29, 1.82) is 0 Å². The van der Waals surface area contributed by atoms with E-state index in [1.807, 2.05) is 20.8 Å². The summed E-state index contributed by atoms with van der Waals surface area (Å²) in [5, 5.41) is 3.09. The molecule has 1 rings (SSSR count). The molecule has 0 bridgehead atoms. The average Bonchev–Trinajstić information content (AvgIpc) is 2.13. The van der Waals surface area contributed by atoms with Crippen molar-refractivity contribution in [1.82, 2.24) is 10.2 Å². The summed E-state index contributed by atoms with van der Waals surface area (Å²) in [5.41, 5.74) is 0.236. The first-order valence-corrected chi connectivity index (χ1v) is 7.11. The molecule has 1 aliphatic heterocycles. The van der Waals surface area contributed by atoms with E-state index < -0.39 is 0 Å². The average molecular weight is 254 g/mol. The number of piperidine rings is 1. The first-order chi connectivity index (χ1) is 8.07. The summed E-state index contributed by atoms with van der Waals surface area (Å²) in [6.45, 7) is 16.2. The predicted molar refractivity (Wildman–Crippen MR) is 76.5 cm³/mol. The van der Waals surface area contributed by atoms with Gasteiger partial charge in [-0.15, -0.1) is 0 Å². The zero-order valence-electron chi connectivity index (χ0n) is 13.0. The molecule has 1 saturated heterocycles. The third-order valence-electron chi connectivity index (χ3n) is 3.15. The summed E-state index contributed by atoms with van der Waals surface area (Å²) in [7, 11) is 0. The number of likely N-dealkylation sites (tertiary alicyclic amines) is 1. The molecule has 0 aromatic heterocycles. The smallest absolute Gasteiger partial charge is 0.223 e. The minimum Gasteiger partial charge on any atom is -0.351 e. The summed E-state index contributed by atoms with van der Waals surface area (Å²) in [5.74, 6) is 0.443. The number of hydrogen-bond donors (Lipinski definition) is 1. The van der Waals surface area contributed by atoms with Gasteiger partial charge in [-0.25, -0.2) is 0 Å². The minimum absolute atomic E-state index is 0.111. The Morgan fingerprint density at radius 1 is 1.11 bits per heavy atom. The van der Waals surface area contributed by atoms with E-state index in [-0.39, 0.29) is 17.4 Å². The van der Waals surface area contributed by atoms with Gasteiger partial charge < -0.3 is 10.2 Å². The van der Waals surface area contributed by atoms with Crippen molar-refractivity contribution >= 4 is 5.91 Å². The second kappa shape index (κ2) is 5.60. The van der Waals surface area contributed by atoms with Gasteiger partial charge in [-0.3, -0.25) is 4.79 Å². The fraction of sp³-hybridized carbons (Fsp3) is 0.933. The Labute approximate surface area is 112 Å². The van der Waals surface area contributed by atoms with E-state index in [2.05, 4.69) is 31.0 Å². The molecule has 0 atom stereocenters. The molecule has 0 unspecified atom stereocenters. The number of carbonyl (C=O) groups excluding carboxylic acids is 1. The molecule has 1 amide bonds. The lowest BCUT2D eigenvalue weighted by molar-refractivity contribution is -0.128. The Morgan fingerprint density at radius 3 is 2.00 bits per heavy atom. The van der Waals surface area contributed by atoms with Gasteiger partial charge in [0.1, 0.15) is 0 Å². The Morgan fingerprint density at radius 2 is 1.61 bits per heavy atom. The molecule has 0 aliphatic carbocycles. The van der Waals surface area contributed by atoms with Crippen LogP contribution in [0.25, 0.3) is 0 Å². The summed E-state index contributed by atoms with van der Waals surface area (Å²) in [4.78, 5) is 14.6. The van der Waals surface area contributed by atoms with Gasteiger partial charge in [0.15, 0.2) is 0 Å². The number of nitrogens with zero attached hydrogens (tertiary/aromatic N) is 1. The van der Waals surface area contributed by atoms with E-state index in [0.717, 1.165) is 32.5 Å². The van der Waals surface area contributed by atoms with E-state index in [0.29, 0.717) is 5.41 Å². The third kappa shape index (κ3) is 5.85. The summed E-state index contributed by atoms with van der Waals surface area (Å²) in [6, 6.07) is 0. The largest absolute Gasteiger partial charge is 0.351 e. The van der Waals surface area contributed by atoms with Crippen molar-refractivity contribution in [2.45, 2.75) is 59.9 Å². The van der Waals surface area contributed by atoms with Gasteiger partial charge in [0, 0.05) is 18.0 Å². The Hall–Kier alpha value is -0.570. The normalized spacial score (nSPS) is 19.9. The van der Waals surface area contributed by atoms with E-state index in [1.165, 1.54) is 0 Å². The quantitative estimate of drug-likeness (QED) is 0.821. The molecular formula is C15H30N2O. The molecule has 0 saturated carbocycles. The van der Waals surface area contributed by atoms with Crippen LogP contribution in [0, 0.1) is 11.3 Å². The highest BCUT2D eigenvalue weighted by molar-refractivity contribution is 5.79. The SMILES string of the molecule is CC(C)(C)CN1CCC(C(=O)NC(C)(C)C)CC1. The van der Waals surface area contributed by atoms with E-state index in [9.17, 15) is 4.79 Å². The highest BCUT2D eigenvalue weighted by Gasteiger charge is 2.28. The molecule has 1 fully saturated rings. The molecule has 0 spiro atoms. The second-order valence-corrected chi connectivity index (χ2v) is 7.85. The minimum atomic E-state index is -0.111. The maximum Gasteiger partial charge on any atom is 0.223 e. The van der Waals surface area contributed by atoms with Crippen LogP contribution in [0.4, 0.5) is 0 Å².